The summed E-state index contributed by atoms with van der Waals surface area (Å²) in [6.07, 6.45) is 1.38. The molecule has 27 heavy (non-hydrogen) atoms. The van der Waals surface area contributed by atoms with Crippen LogP contribution in [-0.2, 0) is 14.9 Å². The van der Waals surface area contributed by atoms with Crippen LogP contribution in [0.2, 0.25) is 5.02 Å². The van der Waals surface area contributed by atoms with Crippen molar-refractivity contribution in [1.29, 1.82) is 0 Å². The van der Waals surface area contributed by atoms with Gasteiger partial charge < -0.3 is 14.4 Å². The van der Waals surface area contributed by atoms with Crippen LogP contribution in [0.15, 0.2) is 53.0 Å². The molecular weight excluding hydrogens is 430 g/mol. The van der Waals surface area contributed by atoms with Crippen LogP contribution in [0.25, 0.3) is 0 Å². The molecule has 0 radical (unpaired) electrons. The maximum absolute atomic E-state index is 13.4. The van der Waals surface area contributed by atoms with Crippen molar-refractivity contribution in [2.45, 2.75) is 18.3 Å². The Morgan fingerprint density at radius 2 is 1.78 bits per heavy atom. The summed E-state index contributed by atoms with van der Waals surface area (Å²) in [5.41, 5.74) is 0.512. The van der Waals surface area contributed by atoms with E-state index in [9.17, 15) is 4.79 Å². The molecule has 1 fully saturated rings. The number of hydrogen-bond donors (Lipinski definition) is 0. The smallest absolute Gasteiger partial charge is 0.233 e. The Labute approximate surface area is 173 Å². The van der Waals surface area contributed by atoms with E-state index >= 15 is 0 Å². The number of rotatable bonds is 6. The Bertz CT molecular complexity index is 758. The van der Waals surface area contributed by atoms with Crippen molar-refractivity contribution in [2.24, 2.45) is 0 Å². The summed E-state index contributed by atoms with van der Waals surface area (Å²) in [7, 11) is 1.84. The lowest BCUT2D eigenvalue weighted by Gasteiger charge is -2.39. The van der Waals surface area contributed by atoms with Gasteiger partial charge in [0.05, 0.1) is 12.0 Å². The maximum atomic E-state index is 13.4. The molecular formula is C21H23BrClNO3. The number of amides is 1. The normalized spacial score (nSPS) is 16.0. The second kappa shape index (κ2) is 9.09. The Kier molecular flexibility index (Phi) is 6.79. The number of likely N-dealkylation sites (N-methyl/N-ethyl adjacent to an activating group) is 1. The van der Waals surface area contributed by atoms with Gasteiger partial charge in [-0.2, -0.15) is 0 Å². The molecule has 2 aromatic rings. The largest absolute Gasteiger partial charge is 0.492 e. The molecule has 0 aliphatic carbocycles. The molecule has 4 nitrogen and oxygen atoms in total. The molecule has 0 atom stereocenters. The van der Waals surface area contributed by atoms with Crippen LogP contribution < -0.4 is 4.74 Å². The van der Waals surface area contributed by atoms with Gasteiger partial charge in [-0.1, -0.05) is 39.7 Å². The molecule has 1 heterocycles. The first-order chi connectivity index (χ1) is 13.0. The molecule has 0 saturated carbocycles. The molecule has 1 saturated heterocycles. The molecule has 2 aromatic carbocycles. The number of carbonyl (C=O) groups is 1. The van der Waals surface area contributed by atoms with Gasteiger partial charge in [0.2, 0.25) is 5.91 Å². The third-order valence-electron chi connectivity index (χ3n) is 5.01. The average Bonchev–Trinajstić information content (AvgIpc) is 2.70. The highest BCUT2D eigenvalue weighted by molar-refractivity contribution is 9.10. The second-order valence-electron chi connectivity index (χ2n) is 6.73. The Morgan fingerprint density at radius 1 is 1.15 bits per heavy atom. The van der Waals surface area contributed by atoms with Crippen molar-refractivity contribution in [3.05, 3.63) is 63.6 Å². The van der Waals surface area contributed by atoms with Crippen LogP contribution >= 0.6 is 27.5 Å². The van der Waals surface area contributed by atoms with Crippen molar-refractivity contribution in [2.75, 3.05) is 33.4 Å². The molecule has 0 N–H and O–H groups in total. The minimum absolute atomic E-state index is 0.118. The van der Waals surface area contributed by atoms with Crippen molar-refractivity contribution in [3.8, 4) is 5.75 Å². The lowest BCUT2D eigenvalue weighted by atomic mass is 9.73. The predicted octanol–water partition coefficient (Wildman–Crippen LogP) is 4.69. The van der Waals surface area contributed by atoms with E-state index in [-0.39, 0.29) is 5.91 Å². The van der Waals surface area contributed by atoms with Crippen molar-refractivity contribution in [1.82, 2.24) is 4.90 Å². The minimum atomic E-state index is -0.534. The fourth-order valence-electron chi connectivity index (χ4n) is 3.41. The molecule has 1 aliphatic heterocycles. The van der Waals surface area contributed by atoms with Gasteiger partial charge in [0, 0.05) is 29.8 Å². The molecule has 6 heteroatoms. The summed E-state index contributed by atoms with van der Waals surface area (Å²) in [6.45, 7) is 2.13. The highest BCUT2D eigenvalue weighted by atomic mass is 79.9. The van der Waals surface area contributed by atoms with E-state index in [0.29, 0.717) is 44.2 Å². The van der Waals surface area contributed by atoms with Crippen molar-refractivity contribution < 1.29 is 14.3 Å². The van der Waals surface area contributed by atoms with Crippen LogP contribution in [0, 0.1) is 0 Å². The third-order valence-corrected chi connectivity index (χ3v) is 5.79. The molecule has 0 aromatic heterocycles. The SMILES string of the molecule is CN(CCOc1ccc(Cl)cc1)C(=O)C1(c2ccc(Br)cc2)CCOCC1. The summed E-state index contributed by atoms with van der Waals surface area (Å²) in [4.78, 5) is 15.1. The Balaban J connectivity index is 1.67. The monoisotopic (exact) mass is 451 g/mol. The second-order valence-corrected chi connectivity index (χ2v) is 8.08. The van der Waals surface area contributed by atoms with Gasteiger partial charge in [-0.3, -0.25) is 4.79 Å². The number of ether oxygens (including phenoxy) is 2. The van der Waals surface area contributed by atoms with E-state index < -0.39 is 5.41 Å². The van der Waals surface area contributed by atoms with Crippen LogP contribution in [0.4, 0.5) is 0 Å². The first kappa shape index (κ1) is 20.2. The molecule has 0 spiro atoms. The first-order valence-electron chi connectivity index (χ1n) is 8.99. The highest BCUT2D eigenvalue weighted by Gasteiger charge is 2.43. The van der Waals surface area contributed by atoms with Gasteiger partial charge in [0.15, 0.2) is 0 Å². The van der Waals surface area contributed by atoms with Crippen molar-refractivity contribution >= 4 is 33.4 Å². The number of hydrogen-bond acceptors (Lipinski definition) is 3. The van der Waals surface area contributed by atoms with Gasteiger partial charge in [0.1, 0.15) is 12.4 Å². The van der Waals surface area contributed by atoms with E-state index in [1.165, 1.54) is 0 Å². The van der Waals surface area contributed by atoms with Crippen LogP contribution in [0.1, 0.15) is 18.4 Å². The fraction of sp³-hybridized carbons (Fsp3) is 0.381. The molecule has 1 amide bonds. The molecule has 0 unspecified atom stereocenters. The van der Waals surface area contributed by atoms with E-state index in [4.69, 9.17) is 21.1 Å². The number of benzene rings is 2. The maximum Gasteiger partial charge on any atom is 0.233 e. The van der Waals surface area contributed by atoms with Crippen LogP contribution in [0.5, 0.6) is 5.75 Å². The fourth-order valence-corrected chi connectivity index (χ4v) is 3.80. The molecule has 3 rings (SSSR count). The highest BCUT2D eigenvalue weighted by Crippen LogP contribution is 2.37. The molecule has 1 aliphatic rings. The lowest BCUT2D eigenvalue weighted by Crippen LogP contribution is -2.49. The standard InChI is InChI=1S/C21H23BrClNO3/c1-24(12-15-27-19-8-6-18(23)7-9-19)20(25)21(10-13-26-14-11-21)16-2-4-17(22)5-3-16/h2-9H,10-15H2,1H3. The lowest BCUT2D eigenvalue weighted by molar-refractivity contribution is -0.140. The van der Waals surface area contributed by atoms with Gasteiger partial charge in [-0.15, -0.1) is 0 Å². The summed E-state index contributed by atoms with van der Waals surface area (Å²) in [5, 5.41) is 0.672. The number of halogens is 2. The minimum Gasteiger partial charge on any atom is -0.492 e. The van der Waals surface area contributed by atoms with Gasteiger partial charge in [-0.05, 0) is 54.8 Å². The predicted molar refractivity (Wildman–Crippen MR) is 110 cm³/mol. The summed E-state index contributed by atoms with van der Waals surface area (Å²) in [6, 6.07) is 15.3. The Morgan fingerprint density at radius 3 is 2.41 bits per heavy atom. The van der Waals surface area contributed by atoms with Crippen LogP contribution in [0.3, 0.4) is 0 Å². The van der Waals surface area contributed by atoms with Crippen LogP contribution in [-0.4, -0.2) is 44.2 Å². The molecule has 144 valence electrons. The summed E-state index contributed by atoms with van der Waals surface area (Å²) >= 11 is 9.35. The number of carbonyl (C=O) groups excluding carboxylic acids is 1. The zero-order valence-corrected chi connectivity index (χ0v) is 17.6. The summed E-state index contributed by atoms with van der Waals surface area (Å²) < 4.78 is 12.3. The zero-order valence-electron chi connectivity index (χ0n) is 15.3. The molecule has 0 bridgehead atoms. The van der Waals surface area contributed by atoms with E-state index in [1.807, 2.05) is 43.4 Å². The Hall–Kier alpha value is -1.56. The van der Waals surface area contributed by atoms with E-state index in [2.05, 4.69) is 15.9 Å². The third kappa shape index (κ3) is 4.84. The zero-order chi connectivity index (χ0) is 19.3. The van der Waals surface area contributed by atoms with Gasteiger partial charge >= 0.3 is 0 Å². The topological polar surface area (TPSA) is 38.8 Å². The summed E-state index contributed by atoms with van der Waals surface area (Å²) in [5.74, 6) is 0.863. The quantitative estimate of drug-likeness (QED) is 0.638. The van der Waals surface area contributed by atoms with Crippen molar-refractivity contribution in [3.63, 3.8) is 0 Å². The van der Waals surface area contributed by atoms with E-state index in [1.54, 1.807) is 17.0 Å². The van der Waals surface area contributed by atoms with Gasteiger partial charge in [0.25, 0.3) is 0 Å². The average molecular weight is 453 g/mol. The number of nitrogens with zero attached hydrogens (tertiary/aromatic N) is 1. The van der Waals surface area contributed by atoms with E-state index in [0.717, 1.165) is 15.8 Å². The first-order valence-corrected chi connectivity index (χ1v) is 10.2. The van der Waals surface area contributed by atoms with Gasteiger partial charge in [-0.25, -0.2) is 0 Å².